The lowest BCUT2D eigenvalue weighted by Crippen LogP contribution is -2.45. The maximum Gasteiger partial charge on any atom is 0.252 e. The molecule has 3 aliphatic rings. The number of hydrogen-bond donors (Lipinski definition) is 0. The van der Waals surface area contributed by atoms with Crippen molar-refractivity contribution in [3.8, 4) is 0 Å². The fourth-order valence-corrected chi connectivity index (χ4v) is 4.63. The number of nitrogens with zero attached hydrogens (tertiary/aromatic N) is 1. The summed E-state index contributed by atoms with van der Waals surface area (Å²) in [7, 11) is 0. The minimum Gasteiger partial charge on any atom is -0.369 e. The van der Waals surface area contributed by atoms with Crippen LogP contribution in [-0.2, 0) is 27.1 Å². The topological polar surface area (TPSA) is 42.1 Å². The molecule has 0 radical (unpaired) electrons. The predicted molar refractivity (Wildman–Crippen MR) is 107 cm³/mol. The molecule has 0 aromatic heterocycles. The minimum atomic E-state index is -0.639. The molecule has 28 heavy (non-hydrogen) atoms. The monoisotopic (exact) mass is 375 g/mol. The van der Waals surface area contributed by atoms with Crippen molar-refractivity contribution in [1.29, 1.82) is 0 Å². The number of rotatable bonds is 4. The standard InChI is InChI=1S/C24H25NO3/c1-24(2)25(22-20-11-7-6-10-17(20)14-21(22)28-24)23(26)18(13-19-15-27-19)12-16-8-4-3-5-9-16/h3-11,13,19,21-22H,12,14-15H2,1-2H3/b18-13+/t19-,21+,22?/m0/s1. The maximum atomic E-state index is 13.8. The molecule has 4 heteroatoms. The number of fused-ring (bicyclic) bond motifs is 3. The Labute approximate surface area is 165 Å². The minimum absolute atomic E-state index is 0.0199. The second-order valence-electron chi connectivity index (χ2n) is 8.35. The Balaban J connectivity index is 1.51. The average Bonchev–Trinajstić information content (AvgIpc) is 3.37. The van der Waals surface area contributed by atoms with Gasteiger partial charge in [0.2, 0.25) is 0 Å². The van der Waals surface area contributed by atoms with E-state index in [1.54, 1.807) is 0 Å². The van der Waals surface area contributed by atoms with Crippen molar-refractivity contribution in [3.05, 3.63) is 82.9 Å². The van der Waals surface area contributed by atoms with E-state index in [4.69, 9.17) is 9.47 Å². The van der Waals surface area contributed by atoms with E-state index in [0.29, 0.717) is 13.0 Å². The highest BCUT2D eigenvalue weighted by atomic mass is 16.6. The summed E-state index contributed by atoms with van der Waals surface area (Å²) in [4.78, 5) is 15.8. The molecule has 4 nitrogen and oxygen atoms in total. The van der Waals surface area contributed by atoms with Gasteiger partial charge in [0.25, 0.3) is 5.91 Å². The van der Waals surface area contributed by atoms with Crippen molar-refractivity contribution >= 4 is 5.91 Å². The molecule has 1 unspecified atom stereocenters. The summed E-state index contributed by atoms with van der Waals surface area (Å²) >= 11 is 0. The third-order valence-corrected chi connectivity index (χ3v) is 5.92. The number of epoxide rings is 1. The second-order valence-corrected chi connectivity index (χ2v) is 8.35. The molecule has 1 amide bonds. The van der Waals surface area contributed by atoms with Gasteiger partial charge in [-0.3, -0.25) is 4.79 Å². The SMILES string of the molecule is CC1(C)O[C@@H]2Cc3ccccc3C2N1C(=O)/C(=C/[C@H]1CO1)Cc1ccccc1. The van der Waals surface area contributed by atoms with Crippen molar-refractivity contribution in [2.45, 2.75) is 50.7 Å². The van der Waals surface area contributed by atoms with Gasteiger partial charge in [-0.15, -0.1) is 0 Å². The Bertz CT molecular complexity index is 930. The summed E-state index contributed by atoms with van der Waals surface area (Å²) in [5, 5.41) is 0. The van der Waals surface area contributed by atoms with Crippen molar-refractivity contribution in [2.24, 2.45) is 0 Å². The largest absolute Gasteiger partial charge is 0.369 e. The second kappa shape index (κ2) is 6.57. The van der Waals surface area contributed by atoms with E-state index in [1.807, 2.05) is 49.1 Å². The Morgan fingerprint density at radius 2 is 1.86 bits per heavy atom. The summed E-state index contributed by atoms with van der Waals surface area (Å²) in [6.45, 7) is 4.69. The summed E-state index contributed by atoms with van der Waals surface area (Å²) in [6, 6.07) is 18.5. The molecule has 2 aliphatic heterocycles. The molecule has 0 saturated carbocycles. The zero-order chi connectivity index (χ0) is 19.3. The van der Waals surface area contributed by atoms with E-state index in [9.17, 15) is 4.79 Å². The molecule has 2 aromatic rings. The van der Waals surface area contributed by atoms with Crippen molar-refractivity contribution in [1.82, 2.24) is 4.90 Å². The molecule has 5 rings (SSSR count). The zero-order valence-corrected chi connectivity index (χ0v) is 16.3. The maximum absolute atomic E-state index is 13.8. The van der Waals surface area contributed by atoms with Crippen molar-refractivity contribution in [2.75, 3.05) is 6.61 Å². The van der Waals surface area contributed by atoms with E-state index in [-0.39, 0.29) is 24.2 Å². The normalized spacial score (nSPS) is 27.4. The van der Waals surface area contributed by atoms with Crippen LogP contribution in [0.1, 0.15) is 36.6 Å². The van der Waals surface area contributed by atoms with E-state index in [1.165, 1.54) is 11.1 Å². The van der Waals surface area contributed by atoms with Crippen LogP contribution in [0.3, 0.4) is 0 Å². The lowest BCUT2D eigenvalue weighted by atomic mass is 9.99. The van der Waals surface area contributed by atoms with Crippen LogP contribution >= 0.6 is 0 Å². The fraction of sp³-hybridized carbons (Fsp3) is 0.375. The zero-order valence-electron chi connectivity index (χ0n) is 16.3. The first-order valence-corrected chi connectivity index (χ1v) is 9.98. The number of benzene rings is 2. The van der Waals surface area contributed by atoms with Crippen LogP contribution in [0, 0.1) is 0 Å². The van der Waals surface area contributed by atoms with Crippen LogP contribution in [0.25, 0.3) is 0 Å². The number of carbonyl (C=O) groups excluding carboxylic acids is 1. The van der Waals surface area contributed by atoms with Crippen LogP contribution in [0.4, 0.5) is 0 Å². The van der Waals surface area contributed by atoms with Crippen molar-refractivity contribution in [3.63, 3.8) is 0 Å². The molecule has 2 saturated heterocycles. The van der Waals surface area contributed by atoms with Gasteiger partial charge in [-0.1, -0.05) is 54.6 Å². The summed E-state index contributed by atoms with van der Waals surface area (Å²) in [5.74, 6) is 0.0496. The van der Waals surface area contributed by atoms with Crippen LogP contribution < -0.4 is 0 Å². The highest BCUT2D eigenvalue weighted by Gasteiger charge is 2.53. The van der Waals surface area contributed by atoms with Gasteiger partial charge in [0.15, 0.2) is 0 Å². The van der Waals surface area contributed by atoms with Crippen LogP contribution in [0.15, 0.2) is 66.2 Å². The molecule has 0 N–H and O–H groups in total. The van der Waals surface area contributed by atoms with Gasteiger partial charge in [-0.05, 0) is 36.6 Å². The Kier molecular flexibility index (Phi) is 4.14. The third-order valence-electron chi connectivity index (χ3n) is 5.92. The molecule has 0 bridgehead atoms. The number of ether oxygens (including phenoxy) is 2. The molecule has 1 aliphatic carbocycles. The van der Waals surface area contributed by atoms with E-state index in [0.717, 1.165) is 17.6 Å². The molecule has 2 heterocycles. The van der Waals surface area contributed by atoms with E-state index < -0.39 is 5.72 Å². The fourth-order valence-electron chi connectivity index (χ4n) is 4.63. The summed E-state index contributed by atoms with van der Waals surface area (Å²) in [6.07, 6.45) is 3.54. The Morgan fingerprint density at radius 1 is 1.14 bits per heavy atom. The molecular formula is C24H25NO3. The highest BCUT2D eigenvalue weighted by molar-refractivity contribution is 5.95. The van der Waals surface area contributed by atoms with E-state index >= 15 is 0 Å². The van der Waals surface area contributed by atoms with Gasteiger partial charge in [-0.25, -0.2) is 0 Å². The molecule has 2 aromatic carbocycles. The quantitative estimate of drug-likeness (QED) is 0.603. The van der Waals surface area contributed by atoms with Crippen LogP contribution in [0.2, 0.25) is 0 Å². The first kappa shape index (κ1) is 17.7. The molecule has 2 fully saturated rings. The lowest BCUT2D eigenvalue weighted by molar-refractivity contribution is -0.143. The summed E-state index contributed by atoms with van der Waals surface area (Å²) < 4.78 is 11.8. The van der Waals surface area contributed by atoms with Gasteiger partial charge < -0.3 is 14.4 Å². The van der Waals surface area contributed by atoms with Crippen LogP contribution in [-0.4, -0.2) is 35.3 Å². The number of carbonyl (C=O) groups is 1. The predicted octanol–water partition coefficient (Wildman–Crippen LogP) is 3.82. The first-order chi connectivity index (χ1) is 13.5. The molecule has 0 spiro atoms. The Morgan fingerprint density at radius 3 is 2.61 bits per heavy atom. The van der Waals surface area contributed by atoms with Gasteiger partial charge in [0.1, 0.15) is 5.72 Å². The third kappa shape index (κ3) is 3.07. The van der Waals surface area contributed by atoms with Gasteiger partial charge in [0.05, 0.1) is 24.9 Å². The Hall–Kier alpha value is -2.43. The smallest absolute Gasteiger partial charge is 0.252 e. The number of amides is 1. The highest BCUT2D eigenvalue weighted by Crippen LogP contribution is 2.48. The molecule has 144 valence electrons. The van der Waals surface area contributed by atoms with Gasteiger partial charge in [0, 0.05) is 18.4 Å². The molecular weight excluding hydrogens is 350 g/mol. The average molecular weight is 375 g/mol. The van der Waals surface area contributed by atoms with Crippen molar-refractivity contribution < 1.29 is 14.3 Å². The molecule has 3 atom stereocenters. The first-order valence-electron chi connectivity index (χ1n) is 9.98. The van der Waals surface area contributed by atoms with Crippen LogP contribution in [0.5, 0.6) is 0 Å². The van der Waals surface area contributed by atoms with Gasteiger partial charge >= 0.3 is 0 Å². The van der Waals surface area contributed by atoms with E-state index in [2.05, 4.69) is 30.3 Å². The number of hydrogen-bond acceptors (Lipinski definition) is 3. The van der Waals surface area contributed by atoms with Gasteiger partial charge in [-0.2, -0.15) is 0 Å². The lowest BCUT2D eigenvalue weighted by Gasteiger charge is -2.34. The summed E-state index contributed by atoms with van der Waals surface area (Å²) in [5.41, 5.74) is 3.78.